The molecule has 0 amide bonds. The van der Waals surface area contributed by atoms with Gasteiger partial charge in [-0.3, -0.25) is 4.79 Å². The Labute approximate surface area is 159 Å². The number of nitrogens with zero attached hydrogens (tertiary/aromatic N) is 1. The van der Waals surface area contributed by atoms with Gasteiger partial charge >= 0.3 is 0 Å². The molecule has 2 heterocycles. The van der Waals surface area contributed by atoms with Crippen molar-refractivity contribution in [2.24, 2.45) is 0 Å². The fourth-order valence-corrected chi connectivity index (χ4v) is 4.27. The van der Waals surface area contributed by atoms with Crippen molar-refractivity contribution in [1.82, 2.24) is 9.88 Å². The molecule has 3 nitrogen and oxygen atoms in total. The number of ketones is 1. The molecule has 0 saturated heterocycles. The van der Waals surface area contributed by atoms with Gasteiger partial charge in [-0.15, -0.1) is 0 Å². The van der Waals surface area contributed by atoms with Gasteiger partial charge < -0.3 is 9.88 Å². The Morgan fingerprint density at radius 1 is 0.963 bits per heavy atom. The number of aromatic amines is 1. The Hall–Kier alpha value is -3.07. The Bertz CT molecular complexity index is 1090. The van der Waals surface area contributed by atoms with Crippen molar-refractivity contribution >= 4 is 22.3 Å². The lowest BCUT2D eigenvalue weighted by Gasteiger charge is -2.24. The molecular formula is C24H22N2O. The van der Waals surface area contributed by atoms with Gasteiger partial charge in [0.05, 0.1) is 0 Å². The number of fused-ring (bicyclic) bond motifs is 3. The van der Waals surface area contributed by atoms with Crippen molar-refractivity contribution in [3.63, 3.8) is 0 Å². The highest BCUT2D eigenvalue weighted by molar-refractivity contribution is 6.22. The Morgan fingerprint density at radius 3 is 2.70 bits per heavy atom. The maximum atomic E-state index is 12.7. The molecular weight excluding hydrogens is 332 g/mol. The van der Waals surface area contributed by atoms with Gasteiger partial charge in [-0.2, -0.15) is 0 Å². The fourth-order valence-electron chi connectivity index (χ4n) is 4.27. The van der Waals surface area contributed by atoms with Crippen LogP contribution < -0.4 is 0 Å². The number of aromatic nitrogens is 1. The molecule has 5 rings (SSSR count). The van der Waals surface area contributed by atoms with Crippen LogP contribution in [0, 0.1) is 0 Å². The van der Waals surface area contributed by atoms with Crippen LogP contribution in [0.4, 0.5) is 0 Å². The van der Waals surface area contributed by atoms with E-state index in [0.717, 1.165) is 54.6 Å². The van der Waals surface area contributed by atoms with Crippen LogP contribution in [0.5, 0.6) is 0 Å². The van der Waals surface area contributed by atoms with Crippen molar-refractivity contribution < 1.29 is 4.79 Å². The van der Waals surface area contributed by atoms with Crippen LogP contribution in [0.25, 0.3) is 16.5 Å². The van der Waals surface area contributed by atoms with Crippen LogP contribution in [0.3, 0.4) is 0 Å². The molecule has 0 spiro atoms. The predicted octanol–water partition coefficient (Wildman–Crippen LogP) is 4.97. The van der Waals surface area contributed by atoms with Gasteiger partial charge in [0, 0.05) is 41.3 Å². The minimum absolute atomic E-state index is 0.203. The van der Waals surface area contributed by atoms with Crippen LogP contribution in [0.2, 0.25) is 0 Å². The second-order valence-corrected chi connectivity index (χ2v) is 7.37. The summed E-state index contributed by atoms with van der Waals surface area (Å²) in [6, 6.07) is 16.4. The van der Waals surface area contributed by atoms with Gasteiger partial charge in [-0.05, 0) is 54.3 Å². The number of allylic oxidation sites excluding steroid dienone is 2. The lowest BCUT2D eigenvalue weighted by atomic mass is 10.0. The van der Waals surface area contributed by atoms with E-state index < -0.39 is 0 Å². The largest absolute Gasteiger partial charge is 0.373 e. The second-order valence-electron chi connectivity index (χ2n) is 7.37. The molecule has 3 heteroatoms. The van der Waals surface area contributed by atoms with Crippen molar-refractivity contribution in [2.45, 2.75) is 19.3 Å². The number of hydrogen-bond acceptors (Lipinski definition) is 2. The zero-order valence-electron chi connectivity index (χ0n) is 15.2. The first-order valence-electron chi connectivity index (χ1n) is 9.66. The average molecular weight is 354 g/mol. The third-order valence-corrected chi connectivity index (χ3v) is 5.69. The Balaban J connectivity index is 1.19. The fraction of sp³-hybridized carbons (Fsp3) is 0.208. The SMILES string of the molecule is O=C1C2=C(C=CN(CCCCc3c[nH]c4ccccc34)C2)c2ccccc21. The topological polar surface area (TPSA) is 36.1 Å². The summed E-state index contributed by atoms with van der Waals surface area (Å²) >= 11 is 0. The van der Waals surface area contributed by atoms with E-state index in [1.807, 2.05) is 18.2 Å². The summed E-state index contributed by atoms with van der Waals surface area (Å²) in [5, 5.41) is 1.33. The maximum absolute atomic E-state index is 12.7. The van der Waals surface area contributed by atoms with Crippen LogP contribution in [0.15, 0.2) is 72.6 Å². The van der Waals surface area contributed by atoms with Gasteiger partial charge in [-0.25, -0.2) is 0 Å². The standard InChI is InChI=1S/C24H22N2O/c27-24-21-10-2-1-9-19(21)20-12-14-26(16-22(20)24)13-6-5-7-17-15-25-23-11-4-3-8-18(17)23/h1-4,8-12,14-15,25H,5-7,13,16H2. The molecule has 0 atom stereocenters. The highest BCUT2D eigenvalue weighted by atomic mass is 16.1. The van der Waals surface area contributed by atoms with Gasteiger partial charge in [0.1, 0.15) is 0 Å². The first kappa shape index (κ1) is 16.1. The zero-order valence-corrected chi connectivity index (χ0v) is 15.2. The molecule has 0 saturated carbocycles. The summed E-state index contributed by atoms with van der Waals surface area (Å²) in [4.78, 5) is 18.3. The predicted molar refractivity (Wildman–Crippen MR) is 110 cm³/mol. The normalized spacial score (nSPS) is 15.6. The lowest BCUT2D eigenvalue weighted by molar-refractivity contribution is 0.103. The first-order valence-corrected chi connectivity index (χ1v) is 9.66. The van der Waals surface area contributed by atoms with Crippen LogP contribution in [-0.2, 0) is 6.42 Å². The molecule has 27 heavy (non-hydrogen) atoms. The molecule has 0 bridgehead atoms. The minimum Gasteiger partial charge on any atom is -0.373 e. The molecule has 1 aliphatic carbocycles. The van der Waals surface area contributed by atoms with Crippen molar-refractivity contribution in [2.75, 3.05) is 13.1 Å². The van der Waals surface area contributed by atoms with E-state index in [9.17, 15) is 4.79 Å². The first-order chi connectivity index (χ1) is 13.3. The molecule has 134 valence electrons. The minimum atomic E-state index is 0.203. The van der Waals surface area contributed by atoms with Gasteiger partial charge in [0.15, 0.2) is 5.78 Å². The number of benzene rings is 2. The second kappa shape index (κ2) is 6.58. The molecule has 0 fully saturated rings. The summed E-state index contributed by atoms with van der Waals surface area (Å²) in [5.74, 6) is 0.203. The van der Waals surface area contributed by atoms with E-state index in [1.54, 1.807) is 0 Å². The summed E-state index contributed by atoms with van der Waals surface area (Å²) in [5.41, 5.74) is 6.62. The van der Waals surface area contributed by atoms with E-state index in [4.69, 9.17) is 0 Å². The molecule has 2 aromatic carbocycles. The van der Waals surface area contributed by atoms with E-state index in [2.05, 4.69) is 58.7 Å². The molecule has 0 unspecified atom stereocenters. The average Bonchev–Trinajstić information content (AvgIpc) is 3.25. The zero-order chi connectivity index (χ0) is 18.2. The smallest absolute Gasteiger partial charge is 0.192 e. The van der Waals surface area contributed by atoms with E-state index >= 15 is 0 Å². The maximum Gasteiger partial charge on any atom is 0.192 e. The lowest BCUT2D eigenvalue weighted by Crippen LogP contribution is -2.25. The molecule has 3 aromatic rings. The van der Waals surface area contributed by atoms with Crippen molar-refractivity contribution in [1.29, 1.82) is 0 Å². The third-order valence-electron chi connectivity index (χ3n) is 5.69. The van der Waals surface area contributed by atoms with E-state index in [-0.39, 0.29) is 5.78 Å². The number of para-hydroxylation sites is 1. The molecule has 2 aliphatic rings. The number of nitrogens with one attached hydrogen (secondary N) is 1. The summed E-state index contributed by atoms with van der Waals surface area (Å²) in [7, 11) is 0. The number of Topliss-reactive ketones (excluding diaryl/α,β-unsaturated/α-hetero) is 1. The number of rotatable bonds is 5. The van der Waals surface area contributed by atoms with Crippen molar-refractivity contribution in [3.05, 3.63) is 89.3 Å². The van der Waals surface area contributed by atoms with Gasteiger partial charge in [-0.1, -0.05) is 42.5 Å². The van der Waals surface area contributed by atoms with E-state index in [0.29, 0.717) is 0 Å². The number of carbonyl (C=O) groups excluding carboxylic acids is 1. The quantitative estimate of drug-likeness (QED) is 0.657. The highest BCUT2D eigenvalue weighted by Gasteiger charge is 2.30. The number of carbonyl (C=O) groups is 1. The molecule has 1 N–H and O–H groups in total. The van der Waals surface area contributed by atoms with Crippen molar-refractivity contribution in [3.8, 4) is 0 Å². The number of H-pyrrole nitrogens is 1. The van der Waals surface area contributed by atoms with E-state index in [1.165, 1.54) is 16.5 Å². The third kappa shape index (κ3) is 2.80. The molecule has 1 aromatic heterocycles. The molecule has 0 radical (unpaired) electrons. The Morgan fingerprint density at radius 2 is 1.78 bits per heavy atom. The van der Waals surface area contributed by atoms with Crippen LogP contribution in [-0.4, -0.2) is 28.8 Å². The van der Waals surface area contributed by atoms with Gasteiger partial charge in [0.25, 0.3) is 0 Å². The monoisotopic (exact) mass is 354 g/mol. The van der Waals surface area contributed by atoms with Gasteiger partial charge in [0.2, 0.25) is 0 Å². The number of unbranched alkanes of at least 4 members (excludes halogenated alkanes) is 1. The summed E-state index contributed by atoms with van der Waals surface area (Å²) in [6.45, 7) is 1.71. The summed E-state index contributed by atoms with van der Waals surface area (Å²) in [6.07, 6.45) is 9.75. The number of aryl methyl sites for hydroxylation is 1. The molecule has 1 aliphatic heterocycles. The number of hydrogen-bond donors (Lipinski definition) is 1. The van der Waals surface area contributed by atoms with Crippen LogP contribution in [0.1, 0.15) is 34.3 Å². The Kier molecular flexibility index (Phi) is 3.93. The summed E-state index contributed by atoms with van der Waals surface area (Å²) < 4.78 is 0. The highest BCUT2D eigenvalue weighted by Crippen LogP contribution is 2.36. The van der Waals surface area contributed by atoms with Crippen LogP contribution >= 0.6 is 0 Å².